The van der Waals surface area contributed by atoms with E-state index in [-0.39, 0.29) is 24.3 Å². The third kappa shape index (κ3) is 6.09. The number of unbranched alkanes of at least 4 members (excludes halogenated alkanes) is 1. The lowest BCUT2D eigenvalue weighted by Gasteiger charge is -2.08. The lowest BCUT2D eigenvalue weighted by Crippen LogP contribution is -2.35. The van der Waals surface area contributed by atoms with Crippen LogP contribution in [0, 0.1) is 12.3 Å². The van der Waals surface area contributed by atoms with Gasteiger partial charge in [-0.2, -0.15) is 0 Å². The van der Waals surface area contributed by atoms with Gasteiger partial charge in [0.2, 0.25) is 11.8 Å². The summed E-state index contributed by atoms with van der Waals surface area (Å²) in [6.07, 6.45) is 6.63. The average molecular weight is 301 g/mol. The quantitative estimate of drug-likeness (QED) is 0.516. The number of likely N-dealkylation sites (N-methyl/N-ethyl adjacent to an activating group) is 1. The highest BCUT2D eigenvalue weighted by Crippen LogP contribution is 2.11. The molecule has 1 rings (SSSR count). The predicted molar refractivity (Wildman–Crippen MR) is 84.2 cm³/mol. The molecule has 1 aromatic carbocycles. The molecule has 22 heavy (non-hydrogen) atoms. The van der Waals surface area contributed by atoms with Crippen LogP contribution in [0.4, 0.5) is 5.69 Å². The first-order valence-corrected chi connectivity index (χ1v) is 6.89. The molecular weight excluding hydrogens is 282 g/mol. The van der Waals surface area contributed by atoms with Gasteiger partial charge in [0, 0.05) is 31.1 Å². The number of anilines is 1. The molecule has 3 amide bonds. The minimum atomic E-state index is -0.382. The van der Waals surface area contributed by atoms with Gasteiger partial charge in [-0.1, -0.05) is 6.07 Å². The average Bonchev–Trinajstić information content (AvgIpc) is 2.52. The van der Waals surface area contributed by atoms with Gasteiger partial charge in [-0.25, -0.2) is 0 Å². The summed E-state index contributed by atoms with van der Waals surface area (Å²) in [4.78, 5) is 34.7. The Balaban J connectivity index is 2.58. The van der Waals surface area contributed by atoms with Crippen molar-refractivity contribution in [2.75, 3.05) is 18.9 Å². The van der Waals surface area contributed by atoms with Gasteiger partial charge in [-0.05, 0) is 24.6 Å². The molecule has 0 radical (unpaired) electrons. The maximum absolute atomic E-state index is 11.9. The van der Waals surface area contributed by atoms with Crippen LogP contribution < -0.4 is 16.0 Å². The highest BCUT2D eigenvalue weighted by atomic mass is 16.2. The van der Waals surface area contributed by atoms with Gasteiger partial charge in [-0.3, -0.25) is 14.4 Å². The maximum atomic E-state index is 11.9. The Morgan fingerprint density at radius 2 is 2.00 bits per heavy atom. The fraction of sp³-hybridized carbons (Fsp3) is 0.312. The number of nitrogens with one attached hydrogen (secondary N) is 3. The molecule has 0 fully saturated rings. The molecule has 6 nitrogen and oxygen atoms in total. The monoisotopic (exact) mass is 301 g/mol. The van der Waals surface area contributed by atoms with Crippen LogP contribution in [0.5, 0.6) is 0 Å². The minimum absolute atomic E-state index is 0.0992. The number of terminal acetylenes is 1. The molecule has 0 unspecified atom stereocenters. The first-order valence-electron chi connectivity index (χ1n) is 6.89. The van der Waals surface area contributed by atoms with Gasteiger partial charge in [0.25, 0.3) is 5.91 Å². The Hall–Kier alpha value is -2.81. The normalized spacial score (nSPS) is 9.45. The van der Waals surface area contributed by atoms with Crippen molar-refractivity contribution in [1.82, 2.24) is 10.6 Å². The molecule has 0 heterocycles. The minimum Gasteiger partial charge on any atom is -0.358 e. The van der Waals surface area contributed by atoms with Crippen LogP contribution in [-0.4, -0.2) is 31.3 Å². The number of amides is 3. The van der Waals surface area contributed by atoms with Crippen molar-refractivity contribution in [3.05, 3.63) is 29.8 Å². The lowest BCUT2D eigenvalue weighted by molar-refractivity contribution is -0.119. The molecule has 0 aliphatic rings. The summed E-state index contributed by atoms with van der Waals surface area (Å²) in [5.41, 5.74) is 0.892. The molecule has 0 atom stereocenters. The third-order valence-corrected chi connectivity index (χ3v) is 2.82. The molecule has 116 valence electrons. The first-order chi connectivity index (χ1) is 10.6. The largest absolute Gasteiger partial charge is 0.358 e. The summed E-state index contributed by atoms with van der Waals surface area (Å²) in [6, 6.07) is 6.51. The fourth-order valence-corrected chi connectivity index (χ4v) is 1.66. The second-order valence-corrected chi connectivity index (χ2v) is 4.54. The molecule has 0 aromatic heterocycles. The van der Waals surface area contributed by atoms with Gasteiger partial charge >= 0.3 is 0 Å². The van der Waals surface area contributed by atoms with Crippen LogP contribution in [0.3, 0.4) is 0 Å². The van der Waals surface area contributed by atoms with E-state index in [9.17, 15) is 14.4 Å². The number of carbonyl (C=O) groups excluding carboxylic acids is 3. The molecule has 0 aliphatic carbocycles. The highest BCUT2D eigenvalue weighted by molar-refractivity contribution is 5.98. The van der Waals surface area contributed by atoms with Crippen LogP contribution in [0.25, 0.3) is 0 Å². The van der Waals surface area contributed by atoms with E-state index in [1.54, 1.807) is 24.3 Å². The van der Waals surface area contributed by atoms with Crippen molar-refractivity contribution in [1.29, 1.82) is 0 Å². The Kier molecular flexibility index (Phi) is 7.20. The first kappa shape index (κ1) is 17.2. The van der Waals surface area contributed by atoms with Gasteiger partial charge in [0.15, 0.2) is 0 Å². The van der Waals surface area contributed by atoms with Gasteiger partial charge in [-0.15, -0.1) is 12.3 Å². The van der Waals surface area contributed by atoms with Crippen molar-refractivity contribution in [2.45, 2.75) is 19.3 Å². The molecule has 0 bridgehead atoms. The van der Waals surface area contributed by atoms with E-state index in [4.69, 9.17) is 6.42 Å². The van der Waals surface area contributed by atoms with E-state index in [0.717, 1.165) is 0 Å². The molecule has 1 aromatic rings. The Labute approximate surface area is 129 Å². The number of carbonyl (C=O) groups is 3. The van der Waals surface area contributed by atoms with Gasteiger partial charge < -0.3 is 16.0 Å². The highest BCUT2D eigenvalue weighted by Gasteiger charge is 2.09. The SMILES string of the molecule is C#CCCCC(=O)Nc1cccc(C(=O)NCC(=O)NC)c1. The Morgan fingerprint density at radius 3 is 2.68 bits per heavy atom. The molecule has 0 saturated heterocycles. The van der Waals surface area contributed by atoms with Gasteiger partial charge in [0.1, 0.15) is 0 Å². The Bertz CT molecular complexity index is 591. The second kappa shape index (κ2) is 9.19. The van der Waals surface area contributed by atoms with E-state index >= 15 is 0 Å². The third-order valence-electron chi connectivity index (χ3n) is 2.82. The lowest BCUT2D eigenvalue weighted by atomic mass is 10.1. The van der Waals surface area contributed by atoms with Crippen molar-refractivity contribution in [3.8, 4) is 12.3 Å². The standard InChI is InChI=1S/C16H19N3O3/c1-3-4-5-9-14(20)19-13-8-6-7-12(10-13)16(22)18-11-15(21)17-2/h1,6-8,10H,4-5,9,11H2,2H3,(H,17,21)(H,18,22)(H,19,20). The summed E-state index contributed by atoms with van der Waals surface area (Å²) in [6.45, 7) is -0.0992. The number of benzene rings is 1. The fourth-order valence-electron chi connectivity index (χ4n) is 1.66. The number of hydrogen-bond donors (Lipinski definition) is 3. The summed E-state index contributed by atoms with van der Waals surface area (Å²) in [5, 5.41) is 7.60. The molecule has 6 heteroatoms. The van der Waals surface area contributed by atoms with Crippen LogP contribution >= 0.6 is 0 Å². The van der Waals surface area contributed by atoms with Crippen molar-refractivity contribution < 1.29 is 14.4 Å². The van der Waals surface area contributed by atoms with Crippen LogP contribution in [-0.2, 0) is 9.59 Å². The van der Waals surface area contributed by atoms with Crippen LogP contribution in [0.1, 0.15) is 29.6 Å². The van der Waals surface area contributed by atoms with E-state index < -0.39 is 0 Å². The van der Waals surface area contributed by atoms with Crippen molar-refractivity contribution >= 4 is 23.4 Å². The van der Waals surface area contributed by atoms with E-state index in [2.05, 4.69) is 21.9 Å². The van der Waals surface area contributed by atoms with Crippen LogP contribution in [0.15, 0.2) is 24.3 Å². The smallest absolute Gasteiger partial charge is 0.251 e. The van der Waals surface area contributed by atoms with E-state index in [1.165, 1.54) is 7.05 Å². The Morgan fingerprint density at radius 1 is 1.23 bits per heavy atom. The second-order valence-electron chi connectivity index (χ2n) is 4.54. The molecule has 0 aliphatic heterocycles. The maximum Gasteiger partial charge on any atom is 0.251 e. The van der Waals surface area contributed by atoms with Crippen molar-refractivity contribution in [2.24, 2.45) is 0 Å². The predicted octanol–water partition coefficient (Wildman–Crippen LogP) is 0.904. The van der Waals surface area contributed by atoms with Gasteiger partial charge in [0.05, 0.1) is 6.54 Å². The molecule has 0 spiro atoms. The zero-order valence-electron chi connectivity index (χ0n) is 12.4. The zero-order chi connectivity index (χ0) is 16.4. The molecule has 3 N–H and O–H groups in total. The summed E-state index contributed by atoms with van der Waals surface area (Å²) in [7, 11) is 1.49. The number of rotatable bonds is 7. The summed E-state index contributed by atoms with van der Waals surface area (Å²) in [5.74, 6) is 1.65. The summed E-state index contributed by atoms with van der Waals surface area (Å²) >= 11 is 0. The zero-order valence-corrected chi connectivity index (χ0v) is 12.4. The summed E-state index contributed by atoms with van der Waals surface area (Å²) < 4.78 is 0. The molecular formula is C16H19N3O3. The van der Waals surface area contributed by atoms with E-state index in [1.807, 2.05) is 0 Å². The molecule has 0 saturated carbocycles. The van der Waals surface area contributed by atoms with Crippen molar-refractivity contribution in [3.63, 3.8) is 0 Å². The van der Waals surface area contributed by atoms with E-state index in [0.29, 0.717) is 30.5 Å². The topological polar surface area (TPSA) is 87.3 Å². The number of hydrogen-bond acceptors (Lipinski definition) is 3. The van der Waals surface area contributed by atoms with Crippen LogP contribution in [0.2, 0.25) is 0 Å².